The van der Waals surface area contributed by atoms with E-state index in [1.807, 2.05) is 0 Å². The molecule has 2 aromatic carbocycles. The fraction of sp³-hybridized carbons (Fsp3) is 0.222. The van der Waals surface area contributed by atoms with Crippen LogP contribution >= 0.6 is 0 Å². The highest BCUT2D eigenvalue weighted by Gasteiger charge is 2.36. The molecule has 0 radical (unpaired) electrons. The van der Waals surface area contributed by atoms with Gasteiger partial charge in [0.25, 0.3) is 0 Å². The Bertz CT molecular complexity index is 808. The van der Waals surface area contributed by atoms with Crippen LogP contribution in [0.15, 0.2) is 42.5 Å². The minimum absolute atomic E-state index is 0.0221. The Morgan fingerprint density at radius 3 is 2.56 bits per heavy atom. The first-order chi connectivity index (χ1) is 12.0. The van der Waals surface area contributed by atoms with Gasteiger partial charge in [0.1, 0.15) is 17.4 Å². The van der Waals surface area contributed by atoms with Gasteiger partial charge in [0.05, 0.1) is 18.7 Å². The molecule has 2 aromatic rings. The third-order valence-electron chi connectivity index (χ3n) is 4.05. The largest absolute Gasteiger partial charge is 0.497 e. The monoisotopic (exact) mass is 346 g/mol. The van der Waals surface area contributed by atoms with Crippen LogP contribution in [0.5, 0.6) is 5.75 Å². The number of nitrogens with zero attached hydrogens (tertiary/aromatic N) is 1. The summed E-state index contributed by atoms with van der Waals surface area (Å²) in [5.74, 6) is -2.21. The van der Waals surface area contributed by atoms with Crippen LogP contribution in [-0.2, 0) is 9.59 Å². The number of amides is 2. The van der Waals surface area contributed by atoms with E-state index in [1.54, 1.807) is 31.4 Å². The highest BCUT2D eigenvalue weighted by molar-refractivity contribution is 6.03. The average Bonchev–Trinajstić information content (AvgIpc) is 2.97. The first-order valence-corrected chi connectivity index (χ1v) is 7.68. The van der Waals surface area contributed by atoms with Crippen LogP contribution in [-0.4, -0.2) is 25.5 Å². The van der Waals surface area contributed by atoms with Gasteiger partial charge >= 0.3 is 0 Å². The molecule has 1 aliphatic rings. The van der Waals surface area contributed by atoms with E-state index < -0.39 is 17.6 Å². The molecule has 5 nitrogen and oxygen atoms in total. The van der Waals surface area contributed by atoms with Crippen molar-refractivity contribution in [3.63, 3.8) is 0 Å². The van der Waals surface area contributed by atoms with Gasteiger partial charge in [0.15, 0.2) is 0 Å². The maximum absolute atomic E-state index is 13.9. The number of hydrogen-bond acceptors (Lipinski definition) is 3. The molecule has 1 unspecified atom stereocenters. The number of hydrogen-bond donors (Lipinski definition) is 1. The third-order valence-corrected chi connectivity index (χ3v) is 4.05. The summed E-state index contributed by atoms with van der Waals surface area (Å²) in [4.78, 5) is 25.7. The molecular weight excluding hydrogens is 330 g/mol. The molecule has 1 N–H and O–H groups in total. The van der Waals surface area contributed by atoms with Crippen LogP contribution in [0.3, 0.4) is 0 Å². The van der Waals surface area contributed by atoms with Gasteiger partial charge in [-0.15, -0.1) is 0 Å². The molecule has 0 spiro atoms. The van der Waals surface area contributed by atoms with Gasteiger partial charge in [-0.25, -0.2) is 8.78 Å². The Hall–Kier alpha value is -2.96. The van der Waals surface area contributed by atoms with E-state index in [1.165, 1.54) is 11.0 Å². The first kappa shape index (κ1) is 16.9. The minimum atomic E-state index is -0.829. The molecule has 0 aromatic heterocycles. The van der Waals surface area contributed by atoms with Gasteiger partial charge in [-0.05, 0) is 36.4 Å². The Kier molecular flexibility index (Phi) is 4.65. The molecule has 1 atom stereocenters. The molecule has 1 aliphatic heterocycles. The fourth-order valence-electron chi connectivity index (χ4n) is 2.73. The zero-order chi connectivity index (χ0) is 18.0. The maximum Gasteiger partial charge on any atom is 0.229 e. The molecule has 0 bridgehead atoms. The molecule has 1 heterocycles. The lowest BCUT2D eigenvalue weighted by molar-refractivity contribution is -0.122. The highest BCUT2D eigenvalue weighted by Crippen LogP contribution is 2.28. The molecule has 3 rings (SSSR count). The van der Waals surface area contributed by atoms with Gasteiger partial charge in [-0.2, -0.15) is 0 Å². The van der Waals surface area contributed by atoms with Gasteiger partial charge in [-0.1, -0.05) is 0 Å². The molecule has 7 heteroatoms. The van der Waals surface area contributed by atoms with E-state index in [4.69, 9.17) is 4.74 Å². The quantitative estimate of drug-likeness (QED) is 0.926. The van der Waals surface area contributed by atoms with Crippen LogP contribution in [0.1, 0.15) is 6.42 Å². The summed E-state index contributed by atoms with van der Waals surface area (Å²) < 4.78 is 31.9. The van der Waals surface area contributed by atoms with Crippen molar-refractivity contribution in [2.24, 2.45) is 5.92 Å². The molecular formula is C18H16F2N2O3. The topological polar surface area (TPSA) is 58.6 Å². The number of methoxy groups -OCH3 is 1. The van der Waals surface area contributed by atoms with Gasteiger partial charge in [-0.3, -0.25) is 9.59 Å². The smallest absolute Gasteiger partial charge is 0.229 e. The average molecular weight is 346 g/mol. The number of halogens is 2. The predicted molar refractivity (Wildman–Crippen MR) is 88.4 cm³/mol. The normalized spacial score (nSPS) is 16.8. The Balaban J connectivity index is 1.69. The molecule has 1 fully saturated rings. The summed E-state index contributed by atoms with van der Waals surface area (Å²) in [7, 11) is 1.54. The number of rotatable bonds is 4. The number of benzene rings is 2. The fourth-order valence-corrected chi connectivity index (χ4v) is 2.73. The van der Waals surface area contributed by atoms with Crippen LogP contribution in [0.25, 0.3) is 0 Å². The van der Waals surface area contributed by atoms with Gasteiger partial charge in [0, 0.05) is 24.7 Å². The van der Waals surface area contributed by atoms with Crippen molar-refractivity contribution < 1.29 is 23.1 Å². The second kappa shape index (κ2) is 6.88. The van der Waals surface area contributed by atoms with Crippen molar-refractivity contribution in [3.05, 3.63) is 54.1 Å². The van der Waals surface area contributed by atoms with Crippen molar-refractivity contribution in [1.29, 1.82) is 0 Å². The zero-order valence-corrected chi connectivity index (χ0v) is 13.5. The molecule has 130 valence electrons. The lowest BCUT2D eigenvalue weighted by Crippen LogP contribution is -2.28. The summed E-state index contributed by atoms with van der Waals surface area (Å²) >= 11 is 0. The Morgan fingerprint density at radius 2 is 1.92 bits per heavy atom. The standard InChI is InChI=1S/C18H16F2N2O3/c1-25-14-5-3-13(4-6-14)21-18(24)11-8-17(23)22(10-11)16-7-2-12(19)9-15(16)20/h2-7,9,11H,8,10H2,1H3,(H,21,24). The highest BCUT2D eigenvalue weighted by atomic mass is 19.1. The second-order valence-electron chi connectivity index (χ2n) is 5.72. The summed E-state index contributed by atoms with van der Waals surface area (Å²) in [6.45, 7) is 0.0450. The Labute approximate surface area is 143 Å². The van der Waals surface area contributed by atoms with Gasteiger partial charge < -0.3 is 15.0 Å². The lowest BCUT2D eigenvalue weighted by Gasteiger charge is -2.17. The van der Waals surface area contributed by atoms with Crippen LogP contribution < -0.4 is 15.0 Å². The summed E-state index contributed by atoms with van der Waals surface area (Å²) in [5, 5.41) is 2.72. The molecule has 0 aliphatic carbocycles. The van der Waals surface area contributed by atoms with E-state index in [0.29, 0.717) is 17.5 Å². The van der Waals surface area contributed by atoms with Crippen molar-refractivity contribution in [1.82, 2.24) is 0 Å². The predicted octanol–water partition coefficient (Wildman–Crippen LogP) is 2.97. The summed E-state index contributed by atoms with van der Waals surface area (Å²) in [6, 6.07) is 9.77. The van der Waals surface area contributed by atoms with Crippen molar-refractivity contribution in [3.8, 4) is 5.75 Å². The van der Waals surface area contributed by atoms with E-state index in [9.17, 15) is 18.4 Å². The van der Waals surface area contributed by atoms with Crippen molar-refractivity contribution in [2.45, 2.75) is 6.42 Å². The van der Waals surface area contributed by atoms with Crippen LogP contribution in [0.4, 0.5) is 20.2 Å². The molecule has 25 heavy (non-hydrogen) atoms. The number of carbonyl (C=O) groups is 2. The number of anilines is 2. The van der Waals surface area contributed by atoms with E-state index in [2.05, 4.69) is 5.32 Å². The van der Waals surface area contributed by atoms with Crippen LogP contribution in [0.2, 0.25) is 0 Å². The lowest BCUT2D eigenvalue weighted by atomic mass is 10.1. The van der Waals surface area contributed by atoms with E-state index in [-0.39, 0.29) is 30.5 Å². The zero-order valence-electron chi connectivity index (χ0n) is 13.5. The number of nitrogens with one attached hydrogen (secondary N) is 1. The summed E-state index contributed by atoms with van der Waals surface area (Å²) in [5.41, 5.74) is 0.552. The van der Waals surface area contributed by atoms with Crippen molar-refractivity contribution >= 4 is 23.2 Å². The Morgan fingerprint density at radius 1 is 1.20 bits per heavy atom. The van der Waals surface area contributed by atoms with Gasteiger partial charge in [0.2, 0.25) is 11.8 Å². The molecule has 1 saturated heterocycles. The second-order valence-corrected chi connectivity index (χ2v) is 5.72. The summed E-state index contributed by atoms with van der Waals surface area (Å²) in [6.07, 6.45) is -0.0290. The SMILES string of the molecule is COc1ccc(NC(=O)C2CC(=O)N(c3ccc(F)cc3F)C2)cc1. The van der Waals surface area contributed by atoms with Crippen molar-refractivity contribution in [2.75, 3.05) is 23.9 Å². The maximum atomic E-state index is 13.9. The van der Waals surface area contributed by atoms with Crippen LogP contribution in [0, 0.1) is 17.6 Å². The molecule has 0 saturated carbocycles. The van der Waals surface area contributed by atoms with E-state index >= 15 is 0 Å². The number of carbonyl (C=O) groups excluding carboxylic acids is 2. The third kappa shape index (κ3) is 3.60. The van der Waals surface area contributed by atoms with E-state index in [0.717, 1.165) is 6.07 Å². The number of ether oxygens (including phenoxy) is 1. The first-order valence-electron chi connectivity index (χ1n) is 7.68. The minimum Gasteiger partial charge on any atom is -0.497 e. The molecule has 2 amide bonds.